The Labute approximate surface area is 92.7 Å². The second-order valence-electron chi connectivity index (χ2n) is 5.32. The standard InChI is InChI=1S/C12H24N2O/c1-2-12(4-3-5-12)14-10-11(13)6-8-15-9-7-11/h14H,2-10,13H2,1H3. The molecule has 1 saturated heterocycles. The van der Waals surface area contributed by atoms with Gasteiger partial charge in [-0.2, -0.15) is 0 Å². The van der Waals surface area contributed by atoms with E-state index in [1.807, 2.05) is 0 Å². The van der Waals surface area contributed by atoms with Crippen molar-refractivity contribution in [3.63, 3.8) is 0 Å². The molecule has 1 aliphatic heterocycles. The van der Waals surface area contributed by atoms with Crippen LogP contribution in [-0.4, -0.2) is 30.8 Å². The summed E-state index contributed by atoms with van der Waals surface area (Å²) in [5.74, 6) is 0. The minimum Gasteiger partial charge on any atom is -0.381 e. The maximum absolute atomic E-state index is 6.36. The first-order valence-electron chi connectivity index (χ1n) is 6.30. The lowest BCUT2D eigenvalue weighted by Gasteiger charge is -2.45. The minimum atomic E-state index is -0.0178. The first-order valence-corrected chi connectivity index (χ1v) is 6.30. The van der Waals surface area contributed by atoms with Crippen molar-refractivity contribution in [1.82, 2.24) is 5.32 Å². The molecule has 88 valence electrons. The molecule has 2 rings (SSSR count). The van der Waals surface area contributed by atoms with Gasteiger partial charge in [-0.05, 0) is 38.5 Å². The van der Waals surface area contributed by atoms with Crippen LogP contribution in [0.25, 0.3) is 0 Å². The highest BCUT2D eigenvalue weighted by atomic mass is 16.5. The summed E-state index contributed by atoms with van der Waals surface area (Å²) in [4.78, 5) is 0. The number of rotatable bonds is 4. The van der Waals surface area contributed by atoms with Crippen LogP contribution in [0.3, 0.4) is 0 Å². The van der Waals surface area contributed by atoms with Crippen LogP contribution in [0.15, 0.2) is 0 Å². The maximum atomic E-state index is 6.36. The highest BCUT2D eigenvalue weighted by molar-refractivity contribution is 4.98. The summed E-state index contributed by atoms with van der Waals surface area (Å²) < 4.78 is 5.36. The highest BCUT2D eigenvalue weighted by Crippen LogP contribution is 2.35. The predicted octanol–water partition coefficient (Wildman–Crippen LogP) is 1.42. The van der Waals surface area contributed by atoms with E-state index in [9.17, 15) is 0 Å². The Morgan fingerprint density at radius 1 is 1.20 bits per heavy atom. The summed E-state index contributed by atoms with van der Waals surface area (Å²) >= 11 is 0. The summed E-state index contributed by atoms with van der Waals surface area (Å²) in [6, 6.07) is 0. The number of nitrogens with two attached hydrogens (primary N) is 1. The van der Waals surface area contributed by atoms with Crippen molar-refractivity contribution in [3.8, 4) is 0 Å². The third-order valence-electron chi connectivity index (χ3n) is 4.29. The molecule has 0 aromatic rings. The van der Waals surface area contributed by atoms with Gasteiger partial charge in [-0.1, -0.05) is 6.92 Å². The van der Waals surface area contributed by atoms with Gasteiger partial charge >= 0.3 is 0 Å². The summed E-state index contributed by atoms with van der Waals surface area (Å²) in [6.45, 7) is 4.90. The SMILES string of the molecule is CCC1(NCC2(N)CCOCC2)CCC1. The summed E-state index contributed by atoms with van der Waals surface area (Å²) in [5, 5.41) is 3.71. The van der Waals surface area contributed by atoms with Crippen LogP contribution in [0, 0.1) is 0 Å². The van der Waals surface area contributed by atoms with Crippen LogP contribution in [-0.2, 0) is 4.74 Å². The topological polar surface area (TPSA) is 47.3 Å². The molecule has 2 aliphatic rings. The number of nitrogens with one attached hydrogen (secondary N) is 1. The maximum Gasteiger partial charge on any atom is 0.0484 e. The minimum absolute atomic E-state index is 0.0178. The van der Waals surface area contributed by atoms with Crippen LogP contribution in [0.5, 0.6) is 0 Å². The van der Waals surface area contributed by atoms with Crippen LogP contribution >= 0.6 is 0 Å². The monoisotopic (exact) mass is 212 g/mol. The van der Waals surface area contributed by atoms with Gasteiger partial charge in [-0.3, -0.25) is 0 Å². The van der Waals surface area contributed by atoms with E-state index in [1.165, 1.54) is 25.7 Å². The van der Waals surface area contributed by atoms with Crippen molar-refractivity contribution in [2.45, 2.75) is 56.5 Å². The molecule has 3 nitrogen and oxygen atoms in total. The summed E-state index contributed by atoms with van der Waals surface area (Å²) in [7, 11) is 0. The van der Waals surface area contributed by atoms with Gasteiger partial charge in [0.25, 0.3) is 0 Å². The van der Waals surface area contributed by atoms with E-state index in [0.29, 0.717) is 5.54 Å². The van der Waals surface area contributed by atoms with E-state index >= 15 is 0 Å². The summed E-state index contributed by atoms with van der Waals surface area (Å²) in [5.41, 5.74) is 6.76. The van der Waals surface area contributed by atoms with E-state index < -0.39 is 0 Å². The lowest BCUT2D eigenvalue weighted by atomic mass is 9.74. The Morgan fingerprint density at radius 2 is 1.87 bits per heavy atom. The van der Waals surface area contributed by atoms with E-state index in [0.717, 1.165) is 32.6 Å². The molecule has 2 fully saturated rings. The Hall–Kier alpha value is -0.120. The zero-order chi connectivity index (χ0) is 10.8. The molecule has 0 aromatic heterocycles. The molecule has 1 heterocycles. The van der Waals surface area contributed by atoms with Gasteiger partial charge < -0.3 is 15.8 Å². The quantitative estimate of drug-likeness (QED) is 0.741. The van der Waals surface area contributed by atoms with Gasteiger partial charge in [0, 0.05) is 30.8 Å². The fraction of sp³-hybridized carbons (Fsp3) is 1.00. The lowest BCUT2D eigenvalue weighted by Crippen LogP contribution is -2.59. The molecule has 15 heavy (non-hydrogen) atoms. The molecule has 0 atom stereocenters. The molecule has 1 saturated carbocycles. The molecule has 0 aromatic carbocycles. The number of ether oxygens (including phenoxy) is 1. The zero-order valence-electron chi connectivity index (χ0n) is 9.85. The Bertz CT molecular complexity index is 202. The molecule has 0 radical (unpaired) electrons. The van der Waals surface area contributed by atoms with Gasteiger partial charge in [-0.25, -0.2) is 0 Å². The smallest absolute Gasteiger partial charge is 0.0484 e. The molecule has 0 spiro atoms. The average molecular weight is 212 g/mol. The Balaban J connectivity index is 1.80. The van der Waals surface area contributed by atoms with E-state index in [1.54, 1.807) is 0 Å². The van der Waals surface area contributed by atoms with Crippen LogP contribution in [0.4, 0.5) is 0 Å². The predicted molar refractivity (Wildman–Crippen MR) is 61.8 cm³/mol. The highest BCUT2D eigenvalue weighted by Gasteiger charge is 2.37. The van der Waals surface area contributed by atoms with Gasteiger partial charge in [0.05, 0.1) is 0 Å². The molecule has 0 unspecified atom stereocenters. The van der Waals surface area contributed by atoms with E-state index in [-0.39, 0.29) is 5.54 Å². The molecular weight excluding hydrogens is 188 g/mol. The lowest BCUT2D eigenvalue weighted by molar-refractivity contribution is 0.0453. The van der Waals surface area contributed by atoms with Crippen molar-refractivity contribution in [3.05, 3.63) is 0 Å². The summed E-state index contributed by atoms with van der Waals surface area (Å²) in [6.07, 6.45) is 7.27. The third-order valence-corrected chi connectivity index (χ3v) is 4.29. The largest absolute Gasteiger partial charge is 0.381 e. The molecule has 3 N–H and O–H groups in total. The number of hydrogen-bond acceptors (Lipinski definition) is 3. The van der Waals surface area contributed by atoms with Gasteiger partial charge in [0.2, 0.25) is 0 Å². The first-order chi connectivity index (χ1) is 7.18. The molecule has 0 bridgehead atoms. The second-order valence-corrected chi connectivity index (χ2v) is 5.32. The van der Waals surface area contributed by atoms with Crippen molar-refractivity contribution in [2.24, 2.45) is 5.73 Å². The Kier molecular flexibility index (Phi) is 3.33. The van der Waals surface area contributed by atoms with Crippen molar-refractivity contribution >= 4 is 0 Å². The fourth-order valence-corrected chi connectivity index (χ4v) is 2.58. The molecule has 1 aliphatic carbocycles. The van der Waals surface area contributed by atoms with E-state index in [4.69, 9.17) is 10.5 Å². The zero-order valence-corrected chi connectivity index (χ0v) is 9.85. The Morgan fingerprint density at radius 3 is 2.33 bits per heavy atom. The van der Waals surface area contributed by atoms with Crippen molar-refractivity contribution < 1.29 is 4.74 Å². The second kappa shape index (κ2) is 4.40. The van der Waals surface area contributed by atoms with E-state index in [2.05, 4.69) is 12.2 Å². The van der Waals surface area contributed by atoms with Crippen molar-refractivity contribution in [2.75, 3.05) is 19.8 Å². The number of hydrogen-bond donors (Lipinski definition) is 2. The van der Waals surface area contributed by atoms with Gasteiger partial charge in [0.15, 0.2) is 0 Å². The third kappa shape index (κ3) is 2.52. The van der Waals surface area contributed by atoms with Crippen molar-refractivity contribution in [1.29, 1.82) is 0 Å². The fourth-order valence-electron chi connectivity index (χ4n) is 2.58. The first kappa shape index (κ1) is 11.4. The van der Waals surface area contributed by atoms with Crippen LogP contribution < -0.4 is 11.1 Å². The average Bonchev–Trinajstić information content (AvgIpc) is 2.18. The van der Waals surface area contributed by atoms with Crippen LogP contribution in [0.1, 0.15) is 45.4 Å². The van der Waals surface area contributed by atoms with Gasteiger partial charge in [0.1, 0.15) is 0 Å². The molecule has 3 heteroatoms. The van der Waals surface area contributed by atoms with Crippen LogP contribution in [0.2, 0.25) is 0 Å². The molecular formula is C12H24N2O. The normalized spacial score (nSPS) is 28.4. The van der Waals surface area contributed by atoms with Gasteiger partial charge in [-0.15, -0.1) is 0 Å². The molecule has 0 amide bonds.